The van der Waals surface area contributed by atoms with Crippen molar-refractivity contribution >= 4 is 5.57 Å². The van der Waals surface area contributed by atoms with Crippen LogP contribution >= 0.6 is 0 Å². The number of allylic oxidation sites excluding steroid dienone is 6. The van der Waals surface area contributed by atoms with Crippen LogP contribution in [0.5, 0.6) is 0 Å². The second kappa shape index (κ2) is 17.8. The van der Waals surface area contributed by atoms with Gasteiger partial charge in [-0.05, 0) is 68.2 Å². The van der Waals surface area contributed by atoms with E-state index in [2.05, 4.69) is 144 Å². The number of hydrogen-bond donors (Lipinski definition) is 0. The minimum Gasteiger partial charge on any atom is -0.208 e. The second-order valence-corrected chi connectivity index (χ2v) is 11.0. The first-order chi connectivity index (χ1) is 21.8. The number of aromatic nitrogens is 3. The molecule has 0 bridgehead atoms. The molecule has 0 saturated heterocycles. The van der Waals surface area contributed by atoms with Crippen molar-refractivity contribution in [3.63, 3.8) is 0 Å². The number of nitrogens with zero attached hydrogens (tertiary/aromatic N) is 3. The maximum Gasteiger partial charge on any atom is 0.164 e. The minimum atomic E-state index is 0.620. The lowest BCUT2D eigenvalue weighted by Gasteiger charge is -2.11. The van der Waals surface area contributed by atoms with E-state index >= 15 is 0 Å². The summed E-state index contributed by atoms with van der Waals surface area (Å²) in [6, 6.07) is 37.4. The number of rotatable bonds is 7. The van der Waals surface area contributed by atoms with Gasteiger partial charge in [-0.25, -0.2) is 15.0 Å². The molecule has 0 radical (unpaired) electrons. The van der Waals surface area contributed by atoms with Gasteiger partial charge in [0.05, 0.1) is 0 Å². The molecule has 0 unspecified atom stereocenters. The van der Waals surface area contributed by atoms with Crippen molar-refractivity contribution in [2.75, 3.05) is 0 Å². The maximum absolute atomic E-state index is 4.99. The first kappa shape index (κ1) is 34.3. The van der Waals surface area contributed by atoms with Gasteiger partial charge < -0.3 is 0 Å². The number of benzene rings is 4. The lowest BCUT2D eigenvalue weighted by Crippen LogP contribution is -2.03. The topological polar surface area (TPSA) is 38.7 Å². The standard InChI is InChI=1S/C36H31N3.C3H8.C3H6/c1-25(2)21-33(22-26(3)4)36-38-34(31-19-11-17-29(23-31)27-13-7-5-8-14-27)37-35(39-36)32-20-12-18-30(24-32)28-15-9-6-10-16-28;2*1-3-2/h5-24H,1H2,2-4H3;3H2,1-2H3;3H,1H2,2H3/b33-21+;;. The van der Waals surface area contributed by atoms with Crippen molar-refractivity contribution in [2.45, 2.75) is 48.0 Å². The SMILES string of the molecule is C=C(C)/C=C(\C=C(C)C)c1nc(-c2cccc(-c3ccccc3)c2)nc(-c2cccc(-c3ccccc3)c2)n1.C=CC.CCC. The maximum atomic E-state index is 4.99. The molecule has 0 aliphatic rings. The Labute approximate surface area is 270 Å². The number of hydrogen-bond acceptors (Lipinski definition) is 3. The van der Waals surface area contributed by atoms with Crippen LogP contribution in [0.25, 0.3) is 50.6 Å². The Morgan fingerprint density at radius 1 is 0.578 bits per heavy atom. The monoisotopic (exact) mass is 591 g/mol. The van der Waals surface area contributed by atoms with Gasteiger partial charge in [0.15, 0.2) is 17.5 Å². The molecule has 0 amide bonds. The van der Waals surface area contributed by atoms with Crippen LogP contribution in [-0.2, 0) is 0 Å². The smallest absolute Gasteiger partial charge is 0.164 e. The summed E-state index contributed by atoms with van der Waals surface area (Å²) >= 11 is 0. The van der Waals surface area contributed by atoms with Gasteiger partial charge in [0.25, 0.3) is 0 Å². The third-order valence-corrected chi connectivity index (χ3v) is 6.20. The zero-order chi connectivity index (χ0) is 32.6. The Bertz CT molecular complexity index is 1640. The van der Waals surface area contributed by atoms with E-state index < -0.39 is 0 Å². The Balaban J connectivity index is 0.000000853. The summed E-state index contributed by atoms with van der Waals surface area (Å²) < 4.78 is 0. The van der Waals surface area contributed by atoms with Crippen LogP contribution in [0.4, 0.5) is 0 Å². The summed E-state index contributed by atoms with van der Waals surface area (Å²) in [7, 11) is 0. The molecule has 0 fully saturated rings. The van der Waals surface area contributed by atoms with E-state index in [1.54, 1.807) is 6.08 Å². The Morgan fingerprint density at radius 3 is 1.33 bits per heavy atom. The van der Waals surface area contributed by atoms with Crippen molar-refractivity contribution in [1.29, 1.82) is 0 Å². The molecule has 3 nitrogen and oxygen atoms in total. The summed E-state index contributed by atoms with van der Waals surface area (Å²) in [5.41, 5.74) is 9.40. The van der Waals surface area contributed by atoms with E-state index in [1.807, 2.05) is 32.1 Å². The lowest BCUT2D eigenvalue weighted by atomic mass is 10.0. The highest BCUT2D eigenvalue weighted by Crippen LogP contribution is 2.29. The lowest BCUT2D eigenvalue weighted by molar-refractivity contribution is 1.04. The molecule has 5 rings (SSSR count). The van der Waals surface area contributed by atoms with E-state index in [4.69, 9.17) is 15.0 Å². The highest BCUT2D eigenvalue weighted by Gasteiger charge is 2.14. The third kappa shape index (κ3) is 10.5. The summed E-state index contributed by atoms with van der Waals surface area (Å²) in [6.07, 6.45) is 7.12. The van der Waals surface area contributed by atoms with Crippen LogP contribution in [-0.4, -0.2) is 15.0 Å². The first-order valence-corrected chi connectivity index (χ1v) is 15.5. The molecule has 0 spiro atoms. The molecule has 1 aromatic heterocycles. The van der Waals surface area contributed by atoms with Crippen molar-refractivity contribution in [3.8, 4) is 45.0 Å². The predicted octanol–water partition coefficient (Wildman–Crippen LogP) is 12.1. The molecule has 0 N–H and O–H groups in total. The predicted molar refractivity (Wildman–Crippen MR) is 196 cm³/mol. The van der Waals surface area contributed by atoms with Gasteiger partial charge in [-0.3, -0.25) is 0 Å². The molecule has 0 atom stereocenters. The van der Waals surface area contributed by atoms with E-state index in [-0.39, 0.29) is 0 Å². The Kier molecular flexibility index (Phi) is 13.6. The Morgan fingerprint density at radius 2 is 0.956 bits per heavy atom. The quantitative estimate of drug-likeness (QED) is 0.140. The average Bonchev–Trinajstić information content (AvgIpc) is 3.05. The molecule has 0 saturated carbocycles. The highest BCUT2D eigenvalue weighted by molar-refractivity contribution is 5.77. The fourth-order valence-electron chi connectivity index (χ4n) is 4.45. The van der Waals surface area contributed by atoms with Crippen molar-refractivity contribution in [2.24, 2.45) is 0 Å². The third-order valence-electron chi connectivity index (χ3n) is 6.20. The van der Waals surface area contributed by atoms with E-state index in [0.29, 0.717) is 17.5 Å². The molecule has 0 aliphatic heterocycles. The van der Waals surface area contributed by atoms with Gasteiger partial charge in [0.1, 0.15) is 0 Å². The second-order valence-electron chi connectivity index (χ2n) is 11.0. The van der Waals surface area contributed by atoms with Crippen LogP contribution in [0.1, 0.15) is 53.8 Å². The molecule has 5 aromatic rings. The van der Waals surface area contributed by atoms with Gasteiger partial charge in [-0.1, -0.05) is 147 Å². The van der Waals surface area contributed by atoms with Gasteiger partial charge in [-0.15, -0.1) is 6.58 Å². The van der Waals surface area contributed by atoms with Crippen molar-refractivity contribution in [1.82, 2.24) is 15.0 Å². The zero-order valence-electron chi connectivity index (χ0n) is 27.6. The van der Waals surface area contributed by atoms with Crippen LogP contribution < -0.4 is 0 Å². The van der Waals surface area contributed by atoms with Gasteiger partial charge in [0.2, 0.25) is 0 Å². The molecular weight excluding hydrogens is 546 g/mol. The summed E-state index contributed by atoms with van der Waals surface area (Å²) in [6.45, 7) is 19.7. The van der Waals surface area contributed by atoms with E-state index in [9.17, 15) is 0 Å². The van der Waals surface area contributed by atoms with Crippen LogP contribution in [0, 0.1) is 0 Å². The molecule has 0 aliphatic carbocycles. The normalized spacial score (nSPS) is 10.4. The molecule has 45 heavy (non-hydrogen) atoms. The molecule has 228 valence electrons. The first-order valence-electron chi connectivity index (χ1n) is 15.5. The summed E-state index contributed by atoms with van der Waals surface area (Å²) in [5, 5.41) is 0. The molecule has 3 heteroatoms. The molecule has 1 heterocycles. The van der Waals surface area contributed by atoms with Crippen LogP contribution in [0.15, 0.2) is 152 Å². The minimum absolute atomic E-state index is 0.620. The zero-order valence-corrected chi connectivity index (χ0v) is 27.6. The average molecular weight is 592 g/mol. The van der Waals surface area contributed by atoms with Gasteiger partial charge in [0, 0.05) is 16.7 Å². The molecule has 4 aromatic carbocycles. The largest absolute Gasteiger partial charge is 0.208 e. The summed E-state index contributed by atoms with van der Waals surface area (Å²) in [5.74, 6) is 1.88. The fourth-order valence-corrected chi connectivity index (χ4v) is 4.45. The fraction of sp³-hybridized carbons (Fsp3) is 0.167. The van der Waals surface area contributed by atoms with Crippen molar-refractivity contribution < 1.29 is 0 Å². The van der Waals surface area contributed by atoms with E-state index in [1.165, 1.54) is 6.42 Å². The van der Waals surface area contributed by atoms with Crippen molar-refractivity contribution in [3.05, 3.63) is 158 Å². The van der Waals surface area contributed by atoms with Gasteiger partial charge in [-0.2, -0.15) is 0 Å². The molecular formula is C42H45N3. The van der Waals surface area contributed by atoms with Gasteiger partial charge >= 0.3 is 0 Å². The highest BCUT2D eigenvalue weighted by atomic mass is 15.0. The Hall–Kier alpha value is -5.15. The van der Waals surface area contributed by atoms with Crippen LogP contribution in [0.3, 0.4) is 0 Å². The summed E-state index contributed by atoms with van der Waals surface area (Å²) in [4.78, 5) is 14.9. The van der Waals surface area contributed by atoms with Crippen LogP contribution in [0.2, 0.25) is 0 Å². The van der Waals surface area contributed by atoms with E-state index in [0.717, 1.165) is 50.1 Å².